The molecule has 3 fully saturated rings. The van der Waals surface area contributed by atoms with Crippen molar-refractivity contribution in [3.8, 4) is 0 Å². The largest absolute Gasteiger partial charge is 0.394 e. The topological polar surface area (TPSA) is 307 Å². The van der Waals surface area contributed by atoms with E-state index in [9.17, 15) is 61.0 Å². The van der Waals surface area contributed by atoms with Crippen LogP contribution in [0.1, 0.15) is 258 Å². The average molecular weight is 1370 g/mol. The summed E-state index contributed by atoms with van der Waals surface area (Å²) in [5, 5.41) is 121. The minimum Gasteiger partial charge on any atom is -0.394 e. The summed E-state index contributed by atoms with van der Waals surface area (Å²) in [7, 11) is 0. The number of hydrogen-bond donors (Lipinski definition) is 12. The standard InChI is InChI=1S/C78H135NO18/c1-3-5-7-9-11-13-15-17-19-21-23-25-27-28-29-30-31-32-34-36-38-40-42-44-46-48-50-52-54-56-66(84)79-61(62(83)55-53-51-49-47-45-43-41-39-37-35-33-26-24-22-20-18-16-14-12-10-8-6-4-2)60-92-76-72(90)69(87)74(64(58-81)94-76)97-78-73(91)70(88)75(65(59-82)95-78)96-77-71(89)68(86)67(85)63(57-80)93-77/h5,7,11,13,17,19,23,25,28-29,31-32,45,47,53,55,61-65,67-78,80-83,85-91H,3-4,6,8-10,12,14-16,18,20-22,24,26-27,30,33-44,46,48-52,54,56-60H2,1-2H3,(H,79,84)/b7-5-,13-11-,19-17-,25-23-,29-28-,32-31-,47-45+,55-53+. The number of allylic oxidation sites excluding steroid dienone is 15. The van der Waals surface area contributed by atoms with Gasteiger partial charge >= 0.3 is 0 Å². The molecule has 3 rings (SSSR count). The summed E-state index contributed by atoms with van der Waals surface area (Å²) >= 11 is 0. The Hall–Kier alpha value is -3.29. The molecule has 3 aliphatic rings. The van der Waals surface area contributed by atoms with Crippen molar-refractivity contribution in [1.29, 1.82) is 0 Å². The van der Waals surface area contributed by atoms with Gasteiger partial charge in [0.05, 0.1) is 38.6 Å². The zero-order valence-corrected chi connectivity index (χ0v) is 59.5. The van der Waals surface area contributed by atoms with Crippen LogP contribution >= 0.6 is 0 Å². The lowest BCUT2D eigenvalue weighted by Gasteiger charge is -2.48. The number of rotatable bonds is 58. The molecule has 12 N–H and O–H groups in total. The molecule has 3 saturated heterocycles. The first-order valence-corrected chi connectivity index (χ1v) is 38.0. The second kappa shape index (κ2) is 58.2. The third-order valence-corrected chi connectivity index (χ3v) is 18.4. The number of amides is 1. The molecule has 0 aromatic rings. The normalized spacial score (nSPS) is 27.5. The molecule has 17 unspecified atom stereocenters. The van der Waals surface area contributed by atoms with E-state index in [4.69, 9.17) is 28.4 Å². The number of nitrogens with one attached hydrogen (secondary N) is 1. The van der Waals surface area contributed by atoms with Gasteiger partial charge in [0, 0.05) is 6.42 Å². The van der Waals surface area contributed by atoms with Gasteiger partial charge in [0.25, 0.3) is 0 Å². The second-order valence-electron chi connectivity index (χ2n) is 26.7. The Labute approximate surface area is 583 Å². The Morgan fingerprint density at radius 2 is 0.722 bits per heavy atom. The van der Waals surface area contributed by atoms with Gasteiger partial charge in [-0.2, -0.15) is 0 Å². The first-order chi connectivity index (χ1) is 47.3. The van der Waals surface area contributed by atoms with Gasteiger partial charge < -0.3 is 89.9 Å². The molecule has 0 radical (unpaired) electrons. The molecule has 0 bridgehead atoms. The van der Waals surface area contributed by atoms with Crippen LogP contribution in [0.25, 0.3) is 0 Å². The fourth-order valence-corrected chi connectivity index (χ4v) is 12.3. The van der Waals surface area contributed by atoms with Crippen molar-refractivity contribution in [1.82, 2.24) is 5.32 Å². The summed E-state index contributed by atoms with van der Waals surface area (Å²) in [4.78, 5) is 13.5. The molecule has 0 saturated carbocycles. The Balaban J connectivity index is 1.42. The summed E-state index contributed by atoms with van der Waals surface area (Å²) in [6.45, 7) is 1.61. The first kappa shape index (κ1) is 87.9. The van der Waals surface area contributed by atoms with Crippen molar-refractivity contribution in [3.05, 3.63) is 97.2 Å². The van der Waals surface area contributed by atoms with Crippen LogP contribution < -0.4 is 5.32 Å². The predicted octanol–water partition coefficient (Wildman–Crippen LogP) is 11.6. The fourth-order valence-electron chi connectivity index (χ4n) is 12.3. The van der Waals surface area contributed by atoms with Crippen LogP contribution in [0.15, 0.2) is 97.2 Å². The maximum absolute atomic E-state index is 13.5. The van der Waals surface area contributed by atoms with E-state index in [0.717, 1.165) is 89.9 Å². The number of carbonyl (C=O) groups excluding carboxylic acids is 1. The summed E-state index contributed by atoms with van der Waals surface area (Å²) < 4.78 is 34.4. The highest BCUT2D eigenvalue weighted by molar-refractivity contribution is 5.76. The molecule has 0 aliphatic carbocycles. The lowest BCUT2D eigenvalue weighted by Crippen LogP contribution is -2.66. The maximum Gasteiger partial charge on any atom is 0.220 e. The highest BCUT2D eigenvalue weighted by Crippen LogP contribution is 2.33. The Morgan fingerprint density at radius 3 is 1.15 bits per heavy atom. The van der Waals surface area contributed by atoms with Crippen LogP contribution in [-0.2, 0) is 33.2 Å². The summed E-state index contributed by atoms with van der Waals surface area (Å²) in [5.74, 6) is -0.292. The SMILES string of the molecule is CC/C=C\C/C=C\C/C=C\C/C=C\C/C=C\C/C=C\CCCCCCCCCCCCC(=O)NC(COC1OC(CO)C(OC2OC(CO)C(OC3OC(CO)C(O)C(O)C3O)C(O)C2O)C(O)C1O)C(O)/C=C/CC/C=C/CCCCCCCCCCCCCCCCCCC. The molecule has 560 valence electrons. The minimum absolute atomic E-state index is 0.225. The minimum atomic E-state index is -1.99. The maximum atomic E-state index is 13.5. The van der Waals surface area contributed by atoms with Gasteiger partial charge in [0.2, 0.25) is 5.91 Å². The molecular weight excluding hydrogens is 1240 g/mol. The number of aliphatic hydroxyl groups excluding tert-OH is 11. The highest BCUT2D eigenvalue weighted by Gasteiger charge is 2.53. The van der Waals surface area contributed by atoms with Crippen LogP contribution in [0.3, 0.4) is 0 Å². The fraction of sp³-hybridized carbons (Fsp3) is 0.782. The van der Waals surface area contributed by atoms with Crippen LogP contribution in [-0.4, -0.2) is 193 Å². The Morgan fingerprint density at radius 1 is 0.381 bits per heavy atom. The van der Waals surface area contributed by atoms with Gasteiger partial charge in [-0.05, 0) is 83.5 Å². The van der Waals surface area contributed by atoms with Gasteiger partial charge in [-0.15, -0.1) is 0 Å². The third-order valence-electron chi connectivity index (χ3n) is 18.4. The molecule has 19 nitrogen and oxygen atoms in total. The molecule has 1 amide bonds. The Kier molecular flexibility index (Phi) is 52.8. The molecule has 0 aromatic carbocycles. The zero-order chi connectivity index (χ0) is 70.4. The van der Waals surface area contributed by atoms with E-state index < -0.39 is 124 Å². The second-order valence-corrected chi connectivity index (χ2v) is 26.7. The van der Waals surface area contributed by atoms with Crippen molar-refractivity contribution in [2.75, 3.05) is 26.4 Å². The van der Waals surface area contributed by atoms with E-state index in [1.807, 2.05) is 6.08 Å². The molecule has 17 atom stereocenters. The van der Waals surface area contributed by atoms with Gasteiger partial charge in [-0.25, -0.2) is 0 Å². The Bertz CT molecular complexity index is 2130. The van der Waals surface area contributed by atoms with Gasteiger partial charge in [0.1, 0.15) is 73.2 Å². The number of hydrogen-bond acceptors (Lipinski definition) is 18. The molecule has 0 aromatic heterocycles. The van der Waals surface area contributed by atoms with Crippen molar-refractivity contribution in [3.63, 3.8) is 0 Å². The summed E-state index contributed by atoms with van der Waals surface area (Å²) in [6.07, 6.45) is 50.9. The third kappa shape index (κ3) is 39.1. The summed E-state index contributed by atoms with van der Waals surface area (Å²) in [6, 6.07) is -1.00. The molecule has 3 aliphatic heterocycles. The van der Waals surface area contributed by atoms with E-state index >= 15 is 0 Å². The smallest absolute Gasteiger partial charge is 0.220 e. The first-order valence-electron chi connectivity index (χ1n) is 38.0. The molecule has 0 spiro atoms. The van der Waals surface area contributed by atoms with Crippen molar-refractivity contribution >= 4 is 5.91 Å². The number of unbranched alkanes of at least 4 members (excludes halogenated alkanes) is 28. The number of aliphatic hydroxyl groups is 11. The summed E-state index contributed by atoms with van der Waals surface area (Å²) in [5.41, 5.74) is 0. The molecular formula is C78H135NO18. The van der Waals surface area contributed by atoms with E-state index in [2.05, 4.69) is 104 Å². The van der Waals surface area contributed by atoms with E-state index in [1.54, 1.807) is 6.08 Å². The predicted molar refractivity (Wildman–Crippen MR) is 383 cm³/mol. The average Bonchev–Trinajstić information content (AvgIpc) is 0.789. The quantitative estimate of drug-likeness (QED) is 0.0199. The van der Waals surface area contributed by atoms with Crippen LogP contribution in [0.4, 0.5) is 0 Å². The molecule has 3 heterocycles. The van der Waals surface area contributed by atoms with E-state index in [0.29, 0.717) is 12.8 Å². The molecule has 97 heavy (non-hydrogen) atoms. The van der Waals surface area contributed by atoms with Gasteiger partial charge in [-0.1, -0.05) is 265 Å². The van der Waals surface area contributed by atoms with Gasteiger partial charge in [0.15, 0.2) is 18.9 Å². The zero-order valence-electron chi connectivity index (χ0n) is 59.5. The van der Waals surface area contributed by atoms with Crippen molar-refractivity contribution in [2.24, 2.45) is 0 Å². The van der Waals surface area contributed by atoms with Crippen LogP contribution in [0.5, 0.6) is 0 Å². The van der Waals surface area contributed by atoms with E-state index in [-0.39, 0.29) is 18.9 Å². The van der Waals surface area contributed by atoms with Crippen LogP contribution in [0, 0.1) is 0 Å². The van der Waals surface area contributed by atoms with Crippen LogP contribution in [0.2, 0.25) is 0 Å². The lowest BCUT2D eigenvalue weighted by atomic mass is 9.96. The highest BCUT2D eigenvalue weighted by atomic mass is 16.8. The number of carbonyl (C=O) groups is 1. The van der Waals surface area contributed by atoms with Crippen molar-refractivity contribution in [2.45, 2.75) is 362 Å². The monoisotopic (exact) mass is 1370 g/mol. The van der Waals surface area contributed by atoms with Gasteiger partial charge in [-0.3, -0.25) is 4.79 Å². The molecule has 19 heteroatoms. The van der Waals surface area contributed by atoms with Crippen molar-refractivity contribution < 1.29 is 89.4 Å². The van der Waals surface area contributed by atoms with E-state index in [1.165, 1.54) is 135 Å². The lowest BCUT2D eigenvalue weighted by molar-refractivity contribution is -0.379. The number of ether oxygens (including phenoxy) is 6.